The highest BCUT2D eigenvalue weighted by atomic mass is 16.6. The minimum Gasteiger partial charge on any atom is -0.496 e. The lowest BCUT2D eigenvalue weighted by atomic mass is 9.89. The zero-order chi connectivity index (χ0) is 78.7. The fraction of sp³-hybridized carbons (Fsp3) is 0.125. The number of hydrogen-bond acceptors (Lipinski definition) is 18. The fourth-order valence-electron chi connectivity index (χ4n) is 15.7. The molecule has 18 nitrogen and oxygen atoms in total. The van der Waals surface area contributed by atoms with Crippen LogP contribution < -0.4 is 28.4 Å². The number of hydrogen-bond donors (Lipinski definition) is 0. The van der Waals surface area contributed by atoms with Gasteiger partial charge in [0.25, 0.3) is 0 Å². The zero-order valence-corrected chi connectivity index (χ0v) is 62.8. The molecule has 564 valence electrons. The van der Waals surface area contributed by atoms with Gasteiger partial charge < -0.3 is 56.8 Å². The SMILES string of the molecule is COc1c2cc3ccccc3c1-c1c(OC)c(cc3ccccc13)COC(=O)c1ccccc1C(=O)OCc1cc3ccccc3c(c1OC)-c1c(OC)c(cc3ccccc13)COC(=O)c1ccccc1C(=O)OCc1cc3ccccc3c(c1OC)-c1c(OC)c(cc3ccccc13)COC(=O)c1ccccc1C(=O)OC2. The summed E-state index contributed by atoms with van der Waals surface area (Å²) in [4.78, 5) is 88.3. The molecule has 0 aliphatic carbocycles. The molecule has 0 radical (unpaired) electrons. The second-order valence-corrected chi connectivity index (χ2v) is 27.1. The average molecular weight is 1510 g/mol. The lowest BCUT2D eigenvalue weighted by Gasteiger charge is -2.23. The Morgan fingerprint density at radius 1 is 0.193 bits per heavy atom. The molecule has 1 heterocycles. The predicted octanol–water partition coefficient (Wildman–Crippen LogP) is 20.1. The zero-order valence-electron chi connectivity index (χ0n) is 62.8. The Morgan fingerprint density at radius 2 is 0.325 bits per heavy atom. The quantitative estimate of drug-likeness (QED) is 0.112. The second-order valence-electron chi connectivity index (χ2n) is 27.1. The molecule has 16 rings (SSSR count). The third kappa shape index (κ3) is 13.6. The van der Waals surface area contributed by atoms with Crippen molar-refractivity contribution in [2.24, 2.45) is 0 Å². The van der Waals surface area contributed by atoms with E-state index in [2.05, 4.69) is 0 Å². The van der Waals surface area contributed by atoms with Crippen LogP contribution in [0.4, 0.5) is 0 Å². The first-order valence-electron chi connectivity index (χ1n) is 36.6. The normalized spacial score (nSPS) is 13.3. The van der Waals surface area contributed by atoms with E-state index in [0.29, 0.717) is 101 Å². The van der Waals surface area contributed by atoms with Crippen molar-refractivity contribution in [1.29, 1.82) is 0 Å². The van der Waals surface area contributed by atoms with Crippen molar-refractivity contribution >= 4 is 100 Å². The van der Waals surface area contributed by atoms with Crippen LogP contribution in [0.2, 0.25) is 0 Å². The predicted molar refractivity (Wildman–Crippen MR) is 434 cm³/mol. The summed E-state index contributed by atoms with van der Waals surface area (Å²) in [6.07, 6.45) is 0. The van der Waals surface area contributed by atoms with Crippen molar-refractivity contribution in [2.75, 3.05) is 42.7 Å². The molecule has 0 fully saturated rings. The minimum atomic E-state index is -0.830. The smallest absolute Gasteiger partial charge is 0.339 e. The van der Waals surface area contributed by atoms with Gasteiger partial charge in [-0.2, -0.15) is 0 Å². The molecule has 0 aromatic heterocycles. The summed E-state index contributed by atoms with van der Waals surface area (Å²) in [6, 6.07) is 75.9. The van der Waals surface area contributed by atoms with Crippen LogP contribution in [-0.4, -0.2) is 78.5 Å². The van der Waals surface area contributed by atoms with E-state index in [1.54, 1.807) is 36.4 Å². The molecule has 0 amide bonds. The number of methoxy groups -OCH3 is 6. The molecule has 0 saturated heterocycles. The van der Waals surface area contributed by atoms with E-state index in [1.807, 2.05) is 182 Å². The van der Waals surface area contributed by atoms with Crippen LogP contribution in [0.25, 0.3) is 98.0 Å². The molecule has 0 atom stereocenters. The highest BCUT2D eigenvalue weighted by Gasteiger charge is 2.32. The lowest BCUT2D eigenvalue weighted by molar-refractivity contribution is 0.0422. The number of benzene rings is 15. The molecular formula is C96H72O18. The number of fused-ring (bicyclic) bond motifs is 30. The molecule has 0 N–H and O–H groups in total. The summed E-state index contributed by atoms with van der Waals surface area (Å²) < 4.78 is 75.6. The standard InChI is InChI=1S/C96H72O18/c1-103-85-61-43-55-25-7-13-31-67(55)79(85)80-68-32-14-8-26-56(68)44-62(86(80)104-2)50-110-93(99)75-39-21-22-40-76(75)94(100)112-52-64-46-58-28-11-17-35-71(58)83(88(64)106-4)84-72-36-18-12-30-60(72)48-66(90(84)108-6)54-114-96(102)78-42-24-23-41-77(78)95(101)113-53-65-47-59-29-10-16-34-70(59)82(89(65)107-5)81-69-33-15-9-27-57(69)45-63(87(81)105-3)51-111-92(98)74-38-20-19-37-73(74)91(97)109-49-61/h7-48H,49-54H2,1-6H3. The van der Waals surface area contributed by atoms with Gasteiger partial charge in [0.2, 0.25) is 0 Å². The van der Waals surface area contributed by atoms with Gasteiger partial charge in [0.05, 0.1) is 76.0 Å². The summed E-state index contributed by atoms with van der Waals surface area (Å²) in [5.41, 5.74) is 5.88. The number of carbonyl (C=O) groups is 6. The molecule has 12 bridgehead atoms. The molecule has 0 unspecified atom stereocenters. The van der Waals surface area contributed by atoms with Crippen LogP contribution in [0.15, 0.2) is 255 Å². The van der Waals surface area contributed by atoms with E-state index in [-0.39, 0.29) is 73.0 Å². The molecule has 0 saturated carbocycles. The average Bonchev–Trinajstić information content (AvgIpc) is 0.747. The Kier molecular flexibility index (Phi) is 20.6. The molecule has 15 aromatic rings. The number of rotatable bonds is 6. The minimum absolute atomic E-state index is 0.0681. The highest BCUT2D eigenvalue weighted by Crippen LogP contribution is 2.53. The Bertz CT molecular complexity index is 5440. The summed E-state index contributed by atoms with van der Waals surface area (Å²) in [7, 11) is 9.13. The van der Waals surface area contributed by atoms with Crippen molar-refractivity contribution < 1.29 is 85.6 Å². The van der Waals surface area contributed by atoms with Crippen molar-refractivity contribution in [3.8, 4) is 67.9 Å². The molecule has 114 heavy (non-hydrogen) atoms. The van der Waals surface area contributed by atoms with Gasteiger partial charge in [-0.05, 0) is 137 Å². The first-order chi connectivity index (χ1) is 55.8. The van der Waals surface area contributed by atoms with Crippen LogP contribution in [-0.2, 0) is 68.1 Å². The lowest BCUT2D eigenvalue weighted by Crippen LogP contribution is -2.15. The van der Waals surface area contributed by atoms with Gasteiger partial charge in [0.1, 0.15) is 74.1 Å². The number of esters is 6. The number of cyclic esters (lactones) is 6. The van der Waals surface area contributed by atoms with E-state index >= 15 is 0 Å². The van der Waals surface area contributed by atoms with Crippen molar-refractivity contribution in [1.82, 2.24) is 0 Å². The third-order valence-electron chi connectivity index (χ3n) is 20.7. The van der Waals surface area contributed by atoms with Crippen LogP contribution >= 0.6 is 0 Å². The summed E-state index contributed by atoms with van der Waals surface area (Å²) in [6.45, 7) is -1.98. The maximum atomic E-state index is 14.7. The van der Waals surface area contributed by atoms with E-state index in [0.717, 1.165) is 64.6 Å². The van der Waals surface area contributed by atoms with Gasteiger partial charge in [0.15, 0.2) is 0 Å². The van der Waals surface area contributed by atoms with Crippen LogP contribution in [0.5, 0.6) is 34.5 Å². The Morgan fingerprint density at radius 3 is 0.465 bits per heavy atom. The summed E-state index contributed by atoms with van der Waals surface area (Å²) in [5, 5.41) is 9.06. The third-order valence-corrected chi connectivity index (χ3v) is 20.7. The maximum absolute atomic E-state index is 14.7. The van der Waals surface area contributed by atoms with Gasteiger partial charge in [-0.15, -0.1) is 0 Å². The van der Waals surface area contributed by atoms with E-state index in [1.165, 1.54) is 79.1 Å². The number of ether oxygens (including phenoxy) is 12. The molecular weight excluding hydrogens is 1440 g/mol. The first kappa shape index (κ1) is 73.6. The van der Waals surface area contributed by atoms with Gasteiger partial charge in [0, 0.05) is 66.8 Å². The topological polar surface area (TPSA) is 213 Å². The Balaban J connectivity index is 0.819. The van der Waals surface area contributed by atoms with Crippen molar-refractivity contribution in [2.45, 2.75) is 39.6 Å². The van der Waals surface area contributed by atoms with Gasteiger partial charge in [-0.3, -0.25) is 0 Å². The van der Waals surface area contributed by atoms with Crippen LogP contribution in [0.1, 0.15) is 95.5 Å². The van der Waals surface area contributed by atoms with Gasteiger partial charge >= 0.3 is 35.8 Å². The highest BCUT2D eigenvalue weighted by molar-refractivity contribution is 6.15. The molecule has 0 spiro atoms. The fourth-order valence-corrected chi connectivity index (χ4v) is 15.7. The van der Waals surface area contributed by atoms with Crippen molar-refractivity contribution in [3.05, 3.63) is 322 Å². The van der Waals surface area contributed by atoms with E-state index in [9.17, 15) is 28.8 Å². The van der Waals surface area contributed by atoms with Gasteiger partial charge in [-0.25, -0.2) is 28.8 Å². The molecule has 18 heteroatoms. The largest absolute Gasteiger partial charge is 0.496 e. The molecule has 1 aliphatic rings. The summed E-state index contributed by atoms with van der Waals surface area (Å²) >= 11 is 0. The maximum Gasteiger partial charge on any atom is 0.339 e. The molecule has 15 aromatic carbocycles. The number of carbonyl (C=O) groups excluding carboxylic acids is 6. The Hall–Kier alpha value is -14.5. The van der Waals surface area contributed by atoms with Gasteiger partial charge in [-0.1, -0.05) is 182 Å². The van der Waals surface area contributed by atoms with Crippen LogP contribution in [0.3, 0.4) is 0 Å². The first-order valence-corrected chi connectivity index (χ1v) is 36.6. The van der Waals surface area contributed by atoms with E-state index < -0.39 is 35.8 Å². The van der Waals surface area contributed by atoms with E-state index in [4.69, 9.17) is 56.8 Å². The molecule has 1 aliphatic heterocycles. The second kappa shape index (κ2) is 31.8. The van der Waals surface area contributed by atoms with Crippen molar-refractivity contribution in [3.63, 3.8) is 0 Å². The summed E-state index contributed by atoms with van der Waals surface area (Å²) in [5.74, 6) is -2.93. The monoisotopic (exact) mass is 1510 g/mol. The Labute approximate surface area is 654 Å². The van der Waals surface area contributed by atoms with Crippen LogP contribution in [0, 0.1) is 0 Å².